The van der Waals surface area contributed by atoms with Crippen LogP contribution in [0.1, 0.15) is 52.4 Å². The van der Waals surface area contributed by atoms with E-state index in [0.29, 0.717) is 11.0 Å². The summed E-state index contributed by atoms with van der Waals surface area (Å²) in [7, 11) is 1.24. The Morgan fingerprint density at radius 2 is 1.86 bits per heavy atom. The van der Waals surface area contributed by atoms with E-state index < -0.39 is 26.6 Å². The van der Waals surface area contributed by atoms with Crippen molar-refractivity contribution in [2.24, 2.45) is 0 Å². The summed E-state index contributed by atoms with van der Waals surface area (Å²) >= 11 is 0. The normalized spacial score (nSPS) is 16.7. The molecule has 166 valence electrons. The van der Waals surface area contributed by atoms with Gasteiger partial charge in [0.2, 0.25) is 5.91 Å². The maximum atomic E-state index is 11.9. The zero-order valence-electron chi connectivity index (χ0n) is 18.1. The molecule has 0 fully saturated rings. The largest absolute Gasteiger partial charge is 0.756 e. The summed E-state index contributed by atoms with van der Waals surface area (Å²) in [5.41, 5.74) is 0. The topological polar surface area (TPSA) is 108 Å². The van der Waals surface area contributed by atoms with Crippen LogP contribution in [0.15, 0.2) is 12.2 Å². The molecule has 28 heavy (non-hydrogen) atoms. The van der Waals surface area contributed by atoms with Crippen molar-refractivity contribution in [3.8, 4) is 0 Å². The number of nitrogens with zero attached hydrogens (tertiary/aromatic N) is 1. The number of rotatable bonds is 16. The van der Waals surface area contributed by atoms with Crippen LogP contribution in [-0.4, -0.2) is 68.5 Å². The molecule has 3 atom stereocenters. The maximum Gasteiger partial charge on any atom is 0.268 e. The van der Waals surface area contributed by atoms with Crippen LogP contribution >= 0.6 is 7.82 Å². The number of allylic oxidation sites excluding steroid dienone is 1. The average molecular weight is 423 g/mol. The van der Waals surface area contributed by atoms with E-state index in [2.05, 4.69) is 12.2 Å². The van der Waals surface area contributed by atoms with Gasteiger partial charge in [0.15, 0.2) is 0 Å². The fraction of sp³-hybridized carbons (Fsp3) is 0.842. The lowest BCUT2D eigenvalue weighted by Gasteiger charge is -2.29. The van der Waals surface area contributed by atoms with Gasteiger partial charge in [0.1, 0.15) is 13.2 Å². The number of quaternary nitrogens is 1. The Morgan fingerprint density at radius 1 is 1.21 bits per heavy atom. The third kappa shape index (κ3) is 16.2. The van der Waals surface area contributed by atoms with Gasteiger partial charge in [-0.3, -0.25) is 9.36 Å². The summed E-state index contributed by atoms with van der Waals surface area (Å²) in [6, 6.07) is -0.877. The standard InChI is InChI=1S/C19H39N2O6P/c1-6-7-8-9-10-11-12-13-19(23)18(20-17(2)22)16-27-28(24,25)26-15-14-21(3,4)5/h12-13,18-19,23H,6-11,14-16H2,1-5H3,(H-,20,22,24,25)/b13-12+. The molecule has 0 aliphatic rings. The number of phosphoric ester groups is 1. The summed E-state index contributed by atoms with van der Waals surface area (Å²) in [5, 5.41) is 12.8. The number of hydrogen-bond donors (Lipinski definition) is 2. The Labute approximate surface area is 170 Å². The Balaban J connectivity index is 4.47. The number of hydrogen-bond acceptors (Lipinski definition) is 6. The molecule has 0 saturated heterocycles. The smallest absolute Gasteiger partial charge is 0.268 e. The molecule has 0 aromatic carbocycles. The Bertz CT molecular complexity index is 507. The van der Waals surface area contributed by atoms with E-state index in [9.17, 15) is 19.4 Å². The lowest BCUT2D eigenvalue weighted by molar-refractivity contribution is -0.870. The van der Waals surface area contributed by atoms with E-state index in [-0.39, 0.29) is 12.5 Å². The van der Waals surface area contributed by atoms with E-state index in [1.54, 1.807) is 6.08 Å². The van der Waals surface area contributed by atoms with Crippen LogP contribution in [0.3, 0.4) is 0 Å². The highest BCUT2D eigenvalue weighted by Crippen LogP contribution is 2.38. The van der Waals surface area contributed by atoms with Gasteiger partial charge in [0.05, 0.1) is 39.9 Å². The van der Waals surface area contributed by atoms with E-state index >= 15 is 0 Å². The number of aliphatic hydroxyl groups excluding tert-OH is 1. The van der Waals surface area contributed by atoms with Crippen LogP contribution < -0.4 is 10.2 Å². The second-order valence-electron chi connectivity index (χ2n) is 8.02. The highest BCUT2D eigenvalue weighted by Gasteiger charge is 2.22. The Hall–Kier alpha value is -0.760. The van der Waals surface area contributed by atoms with Gasteiger partial charge in [0.25, 0.3) is 7.82 Å². The van der Waals surface area contributed by atoms with Crippen molar-refractivity contribution >= 4 is 13.7 Å². The van der Waals surface area contributed by atoms with Crippen molar-refractivity contribution < 1.29 is 32.9 Å². The number of amides is 1. The Kier molecular flexibility index (Phi) is 13.9. The molecule has 0 rings (SSSR count). The molecule has 1 amide bonds. The van der Waals surface area contributed by atoms with E-state index in [1.165, 1.54) is 26.2 Å². The minimum Gasteiger partial charge on any atom is -0.756 e. The highest BCUT2D eigenvalue weighted by atomic mass is 31.2. The SMILES string of the molecule is CCCCCCC/C=C/C(O)C(COP(=O)([O-])OCC[N+](C)(C)C)NC(C)=O. The molecule has 2 N–H and O–H groups in total. The van der Waals surface area contributed by atoms with Gasteiger partial charge in [-0.1, -0.05) is 44.8 Å². The molecule has 0 bridgehead atoms. The molecule has 0 aliphatic carbocycles. The third-order valence-electron chi connectivity index (χ3n) is 4.03. The van der Waals surface area contributed by atoms with Crippen molar-refractivity contribution in [1.29, 1.82) is 0 Å². The van der Waals surface area contributed by atoms with Crippen LogP contribution in [0.2, 0.25) is 0 Å². The molecule has 0 aliphatic heterocycles. The molecule has 9 heteroatoms. The zero-order valence-corrected chi connectivity index (χ0v) is 19.0. The monoisotopic (exact) mass is 422 g/mol. The fourth-order valence-corrected chi connectivity index (χ4v) is 3.08. The number of likely N-dealkylation sites (N-methyl/N-ethyl adjacent to an activating group) is 1. The van der Waals surface area contributed by atoms with Crippen molar-refractivity contribution in [1.82, 2.24) is 5.32 Å². The predicted octanol–water partition coefficient (Wildman–Crippen LogP) is 1.98. The quantitative estimate of drug-likeness (QED) is 0.170. The number of nitrogens with one attached hydrogen (secondary N) is 1. The van der Waals surface area contributed by atoms with Crippen LogP contribution in [0.25, 0.3) is 0 Å². The molecule has 3 unspecified atom stereocenters. The van der Waals surface area contributed by atoms with E-state index in [1.807, 2.05) is 27.2 Å². The second-order valence-corrected chi connectivity index (χ2v) is 9.43. The lowest BCUT2D eigenvalue weighted by atomic mass is 10.1. The van der Waals surface area contributed by atoms with Crippen molar-refractivity contribution in [2.45, 2.75) is 64.5 Å². The van der Waals surface area contributed by atoms with Gasteiger partial charge >= 0.3 is 0 Å². The number of carbonyl (C=O) groups excluding carboxylic acids is 1. The molecule has 0 radical (unpaired) electrons. The van der Waals surface area contributed by atoms with Crippen molar-refractivity contribution in [3.63, 3.8) is 0 Å². The first-order valence-corrected chi connectivity index (χ1v) is 11.5. The molecule has 8 nitrogen and oxygen atoms in total. The summed E-state index contributed by atoms with van der Waals surface area (Å²) in [6.45, 7) is 3.55. The minimum atomic E-state index is -4.51. The molecule has 0 spiro atoms. The van der Waals surface area contributed by atoms with Gasteiger partial charge in [-0.05, 0) is 12.8 Å². The molecule has 0 saturated carbocycles. The Morgan fingerprint density at radius 3 is 2.43 bits per heavy atom. The minimum absolute atomic E-state index is 0.00440. The maximum absolute atomic E-state index is 11.9. The van der Waals surface area contributed by atoms with Gasteiger partial charge in [-0.2, -0.15) is 0 Å². The number of aliphatic hydroxyl groups is 1. The van der Waals surface area contributed by atoms with Crippen LogP contribution in [0.5, 0.6) is 0 Å². The number of unbranched alkanes of at least 4 members (excludes halogenated alkanes) is 5. The van der Waals surface area contributed by atoms with Gasteiger partial charge < -0.3 is 28.8 Å². The number of phosphoric acid groups is 1. The van der Waals surface area contributed by atoms with Gasteiger partial charge in [-0.25, -0.2) is 0 Å². The molecule has 0 heterocycles. The molecule has 0 aromatic rings. The van der Waals surface area contributed by atoms with Crippen LogP contribution in [0, 0.1) is 0 Å². The van der Waals surface area contributed by atoms with Crippen molar-refractivity contribution in [3.05, 3.63) is 12.2 Å². The van der Waals surface area contributed by atoms with Gasteiger partial charge in [-0.15, -0.1) is 0 Å². The van der Waals surface area contributed by atoms with Crippen LogP contribution in [0.4, 0.5) is 0 Å². The second kappa shape index (κ2) is 14.3. The zero-order chi connectivity index (χ0) is 21.6. The lowest BCUT2D eigenvalue weighted by Crippen LogP contribution is -2.45. The first-order chi connectivity index (χ1) is 13.0. The molecular weight excluding hydrogens is 383 g/mol. The van der Waals surface area contributed by atoms with E-state index in [4.69, 9.17) is 9.05 Å². The predicted molar refractivity (Wildman–Crippen MR) is 109 cm³/mol. The summed E-state index contributed by atoms with van der Waals surface area (Å²) in [6.07, 6.45) is 8.96. The first-order valence-electron chi connectivity index (χ1n) is 9.99. The van der Waals surface area contributed by atoms with Gasteiger partial charge in [0, 0.05) is 6.92 Å². The number of carbonyl (C=O) groups is 1. The summed E-state index contributed by atoms with van der Waals surface area (Å²) < 4.78 is 22.1. The van der Waals surface area contributed by atoms with E-state index in [0.717, 1.165) is 19.3 Å². The first kappa shape index (κ1) is 27.2. The van der Waals surface area contributed by atoms with Crippen LogP contribution in [-0.2, 0) is 18.4 Å². The summed E-state index contributed by atoms with van der Waals surface area (Å²) in [5.74, 6) is -0.382. The third-order valence-corrected chi connectivity index (χ3v) is 5.00. The molecule has 0 aromatic heterocycles. The average Bonchev–Trinajstić information content (AvgIpc) is 2.56. The molecular formula is C19H39N2O6P. The highest BCUT2D eigenvalue weighted by molar-refractivity contribution is 7.45. The van der Waals surface area contributed by atoms with Crippen molar-refractivity contribution in [2.75, 3.05) is 40.9 Å². The fourth-order valence-electron chi connectivity index (χ4n) is 2.36. The summed E-state index contributed by atoms with van der Waals surface area (Å²) in [4.78, 5) is 23.2.